The van der Waals surface area contributed by atoms with Crippen molar-refractivity contribution in [1.29, 1.82) is 0 Å². The predicted octanol–water partition coefficient (Wildman–Crippen LogP) is 2.80. The summed E-state index contributed by atoms with van der Waals surface area (Å²) < 4.78 is 9.37. The molecule has 0 aromatic heterocycles. The van der Waals surface area contributed by atoms with Crippen LogP contribution in [0.1, 0.15) is 40.5 Å². The van der Waals surface area contributed by atoms with E-state index in [2.05, 4.69) is 19.2 Å². The SMILES string of the molecule is CCC(C)OC(=O)OOC(=O)OC(C)CC. The molecule has 2 atom stereocenters. The van der Waals surface area contributed by atoms with E-state index in [0.29, 0.717) is 12.8 Å². The van der Waals surface area contributed by atoms with Gasteiger partial charge in [0, 0.05) is 0 Å². The Morgan fingerprint density at radius 2 is 1.19 bits per heavy atom. The summed E-state index contributed by atoms with van der Waals surface area (Å²) in [5.41, 5.74) is 0. The molecule has 16 heavy (non-hydrogen) atoms. The molecule has 2 unspecified atom stereocenters. The van der Waals surface area contributed by atoms with E-state index in [4.69, 9.17) is 0 Å². The molecule has 0 aliphatic rings. The van der Waals surface area contributed by atoms with Crippen molar-refractivity contribution < 1.29 is 28.8 Å². The molecule has 0 rings (SSSR count). The maximum Gasteiger partial charge on any atom is 0.550 e. The van der Waals surface area contributed by atoms with Gasteiger partial charge in [0.05, 0.1) is 0 Å². The molecule has 0 saturated heterocycles. The van der Waals surface area contributed by atoms with Gasteiger partial charge in [-0.05, 0) is 26.7 Å². The monoisotopic (exact) mass is 234 g/mol. The standard InChI is InChI=1S/C10H18O6/c1-5-7(3)13-9(11)15-16-10(12)14-8(4)6-2/h7-8H,5-6H2,1-4H3. The fraction of sp³-hybridized carbons (Fsp3) is 0.800. The summed E-state index contributed by atoms with van der Waals surface area (Å²) >= 11 is 0. The minimum Gasteiger partial charge on any atom is -0.429 e. The average molecular weight is 234 g/mol. The molecule has 0 N–H and O–H groups in total. The zero-order chi connectivity index (χ0) is 12.6. The van der Waals surface area contributed by atoms with Gasteiger partial charge in [-0.25, -0.2) is 0 Å². The smallest absolute Gasteiger partial charge is 0.429 e. The van der Waals surface area contributed by atoms with Gasteiger partial charge in [0.1, 0.15) is 12.2 Å². The highest BCUT2D eigenvalue weighted by molar-refractivity contribution is 5.63. The van der Waals surface area contributed by atoms with E-state index in [9.17, 15) is 9.59 Å². The summed E-state index contributed by atoms with van der Waals surface area (Å²) in [4.78, 5) is 30.0. The molecule has 0 fully saturated rings. The fourth-order valence-corrected chi connectivity index (χ4v) is 0.603. The van der Waals surface area contributed by atoms with Crippen molar-refractivity contribution in [3.63, 3.8) is 0 Å². The molecule has 6 heteroatoms. The van der Waals surface area contributed by atoms with Crippen molar-refractivity contribution in [2.24, 2.45) is 0 Å². The first-order valence-electron chi connectivity index (χ1n) is 5.25. The fourth-order valence-electron chi connectivity index (χ4n) is 0.603. The van der Waals surface area contributed by atoms with Gasteiger partial charge in [0.15, 0.2) is 0 Å². The molecular weight excluding hydrogens is 216 g/mol. The van der Waals surface area contributed by atoms with E-state index in [-0.39, 0.29) is 12.2 Å². The van der Waals surface area contributed by atoms with Crippen molar-refractivity contribution in [2.75, 3.05) is 0 Å². The lowest BCUT2D eigenvalue weighted by Gasteiger charge is -2.11. The quantitative estimate of drug-likeness (QED) is 0.423. The van der Waals surface area contributed by atoms with Crippen molar-refractivity contribution in [1.82, 2.24) is 0 Å². The molecule has 0 aromatic rings. The molecule has 0 aromatic carbocycles. The second-order valence-electron chi connectivity index (χ2n) is 3.34. The molecule has 0 radical (unpaired) electrons. The normalized spacial score (nSPS) is 13.5. The molecule has 0 saturated carbocycles. The maximum absolute atomic E-state index is 10.9. The summed E-state index contributed by atoms with van der Waals surface area (Å²) in [6, 6.07) is 0. The minimum atomic E-state index is -1.06. The van der Waals surface area contributed by atoms with Crippen molar-refractivity contribution >= 4 is 12.3 Å². The minimum absolute atomic E-state index is 0.290. The Kier molecular flexibility index (Phi) is 7.07. The van der Waals surface area contributed by atoms with Crippen molar-refractivity contribution in [3.05, 3.63) is 0 Å². The Balaban J connectivity index is 3.71. The number of carbonyl (C=O) groups excluding carboxylic acids is 2. The summed E-state index contributed by atoms with van der Waals surface area (Å²) in [5.74, 6) is 0. The topological polar surface area (TPSA) is 71.1 Å². The lowest BCUT2D eigenvalue weighted by Crippen LogP contribution is -2.20. The van der Waals surface area contributed by atoms with Crippen LogP contribution in [-0.2, 0) is 19.2 Å². The second-order valence-corrected chi connectivity index (χ2v) is 3.34. The van der Waals surface area contributed by atoms with Gasteiger partial charge >= 0.3 is 12.3 Å². The van der Waals surface area contributed by atoms with Crippen LogP contribution in [0, 0.1) is 0 Å². The molecule has 94 valence electrons. The Bertz CT molecular complexity index is 203. The summed E-state index contributed by atoms with van der Waals surface area (Å²) in [7, 11) is 0. The lowest BCUT2D eigenvalue weighted by atomic mass is 10.3. The molecule has 0 amide bonds. The van der Waals surface area contributed by atoms with Gasteiger partial charge in [0.25, 0.3) is 0 Å². The Morgan fingerprint density at radius 3 is 1.44 bits per heavy atom. The van der Waals surface area contributed by atoms with E-state index in [1.165, 1.54) is 0 Å². The van der Waals surface area contributed by atoms with Crippen molar-refractivity contribution in [2.45, 2.75) is 52.7 Å². The highest BCUT2D eigenvalue weighted by Crippen LogP contribution is 2.02. The first-order valence-corrected chi connectivity index (χ1v) is 5.25. The Labute approximate surface area is 94.7 Å². The van der Waals surface area contributed by atoms with Gasteiger partial charge in [-0.15, -0.1) is 0 Å². The van der Waals surface area contributed by atoms with Crippen LogP contribution in [0.3, 0.4) is 0 Å². The molecule has 0 spiro atoms. The lowest BCUT2D eigenvalue weighted by molar-refractivity contribution is -0.223. The largest absolute Gasteiger partial charge is 0.550 e. The molecule has 0 aliphatic heterocycles. The Morgan fingerprint density at radius 1 is 0.875 bits per heavy atom. The zero-order valence-electron chi connectivity index (χ0n) is 10.0. The van der Waals surface area contributed by atoms with E-state index >= 15 is 0 Å². The van der Waals surface area contributed by atoms with Gasteiger partial charge < -0.3 is 9.47 Å². The predicted molar refractivity (Wildman–Crippen MR) is 54.6 cm³/mol. The maximum atomic E-state index is 10.9. The van der Waals surface area contributed by atoms with Gasteiger partial charge in [0.2, 0.25) is 0 Å². The second kappa shape index (κ2) is 7.78. The summed E-state index contributed by atoms with van der Waals surface area (Å²) in [6.07, 6.45) is -1.41. The average Bonchev–Trinajstić information content (AvgIpc) is 2.26. The van der Waals surface area contributed by atoms with Gasteiger partial charge in [-0.1, -0.05) is 13.8 Å². The molecule has 0 heterocycles. The molecular formula is C10H18O6. The van der Waals surface area contributed by atoms with Crippen molar-refractivity contribution in [3.8, 4) is 0 Å². The number of hydrogen-bond acceptors (Lipinski definition) is 6. The third kappa shape index (κ3) is 6.92. The molecule has 0 bridgehead atoms. The number of carbonyl (C=O) groups is 2. The number of ether oxygens (including phenoxy) is 2. The van der Waals surface area contributed by atoms with Crippen LogP contribution >= 0.6 is 0 Å². The van der Waals surface area contributed by atoms with Crippen LogP contribution in [0.5, 0.6) is 0 Å². The van der Waals surface area contributed by atoms with Crippen LogP contribution < -0.4 is 0 Å². The van der Waals surface area contributed by atoms with Gasteiger partial charge in [-0.2, -0.15) is 19.4 Å². The van der Waals surface area contributed by atoms with Crippen LogP contribution in [0.2, 0.25) is 0 Å². The van der Waals surface area contributed by atoms with Crippen LogP contribution in [0.15, 0.2) is 0 Å². The van der Waals surface area contributed by atoms with E-state index in [0.717, 1.165) is 0 Å². The Hall–Kier alpha value is -1.46. The zero-order valence-corrected chi connectivity index (χ0v) is 10.0. The third-order valence-corrected chi connectivity index (χ3v) is 1.92. The first-order chi connectivity index (χ1) is 7.49. The third-order valence-electron chi connectivity index (χ3n) is 1.92. The van der Waals surface area contributed by atoms with Crippen LogP contribution in [0.4, 0.5) is 9.59 Å². The van der Waals surface area contributed by atoms with E-state index in [1.54, 1.807) is 13.8 Å². The van der Waals surface area contributed by atoms with Crippen LogP contribution in [0.25, 0.3) is 0 Å². The molecule has 6 nitrogen and oxygen atoms in total. The van der Waals surface area contributed by atoms with E-state index < -0.39 is 12.3 Å². The van der Waals surface area contributed by atoms with Gasteiger partial charge in [-0.3, -0.25) is 0 Å². The summed E-state index contributed by atoms with van der Waals surface area (Å²) in [5, 5.41) is 0. The number of rotatable bonds is 4. The summed E-state index contributed by atoms with van der Waals surface area (Å²) in [6.45, 7) is 7.07. The first kappa shape index (κ1) is 14.5. The number of hydrogen-bond donors (Lipinski definition) is 0. The highest BCUT2D eigenvalue weighted by atomic mass is 17.3. The molecule has 0 aliphatic carbocycles. The van der Waals surface area contributed by atoms with Crippen LogP contribution in [-0.4, -0.2) is 24.5 Å². The van der Waals surface area contributed by atoms with E-state index in [1.807, 2.05) is 13.8 Å². The highest BCUT2D eigenvalue weighted by Gasteiger charge is 2.15.